The first-order valence-corrected chi connectivity index (χ1v) is 6.26. The predicted octanol–water partition coefficient (Wildman–Crippen LogP) is 0.198. The molecule has 0 saturated heterocycles. The summed E-state index contributed by atoms with van der Waals surface area (Å²) in [5.74, 6) is -0.633. The molecule has 2 atom stereocenters. The molecule has 0 aromatic heterocycles. The fourth-order valence-corrected chi connectivity index (χ4v) is 1.43. The minimum atomic E-state index is -0.558. The lowest BCUT2D eigenvalue weighted by atomic mass is 10.1. The van der Waals surface area contributed by atoms with Crippen molar-refractivity contribution in [2.75, 3.05) is 20.3 Å². The summed E-state index contributed by atoms with van der Waals surface area (Å²) in [5.41, 5.74) is 5.59. The van der Waals surface area contributed by atoms with Crippen LogP contribution < -0.4 is 11.1 Å². The number of esters is 2. The molecule has 0 aromatic carbocycles. The number of carbonyl (C=O) groups excluding carboxylic acids is 2. The Bertz CT molecular complexity index is 258. The first-order valence-electron chi connectivity index (χ1n) is 6.26. The maximum absolute atomic E-state index is 11.3. The van der Waals surface area contributed by atoms with E-state index in [4.69, 9.17) is 10.5 Å². The lowest BCUT2D eigenvalue weighted by Crippen LogP contribution is -2.36. The number of hydrogen-bond acceptors (Lipinski definition) is 6. The van der Waals surface area contributed by atoms with Crippen molar-refractivity contribution < 1.29 is 19.1 Å². The number of unbranched alkanes of at least 4 members (excludes halogenated alkanes) is 1. The van der Waals surface area contributed by atoms with Gasteiger partial charge in [-0.05, 0) is 33.2 Å². The molecule has 106 valence electrons. The Hall–Kier alpha value is -1.14. The van der Waals surface area contributed by atoms with E-state index >= 15 is 0 Å². The average Bonchev–Trinajstić information content (AvgIpc) is 2.37. The van der Waals surface area contributed by atoms with E-state index in [1.165, 1.54) is 7.11 Å². The molecular weight excluding hydrogens is 236 g/mol. The van der Waals surface area contributed by atoms with Gasteiger partial charge in [-0.2, -0.15) is 0 Å². The second-order valence-corrected chi connectivity index (χ2v) is 4.05. The van der Waals surface area contributed by atoms with Crippen LogP contribution in [0, 0.1) is 0 Å². The van der Waals surface area contributed by atoms with Crippen molar-refractivity contribution in [2.45, 2.75) is 45.2 Å². The van der Waals surface area contributed by atoms with Crippen molar-refractivity contribution in [1.82, 2.24) is 5.32 Å². The van der Waals surface area contributed by atoms with Crippen LogP contribution in [0.3, 0.4) is 0 Å². The number of nitrogens with two attached hydrogens (primary N) is 1. The van der Waals surface area contributed by atoms with Crippen molar-refractivity contribution >= 4 is 11.9 Å². The van der Waals surface area contributed by atoms with E-state index in [1.807, 2.05) is 0 Å². The number of carbonyl (C=O) groups is 2. The molecule has 0 saturated carbocycles. The van der Waals surface area contributed by atoms with Gasteiger partial charge in [-0.15, -0.1) is 0 Å². The highest BCUT2D eigenvalue weighted by atomic mass is 16.5. The molecule has 0 aliphatic carbocycles. The van der Waals surface area contributed by atoms with Crippen molar-refractivity contribution in [3.63, 3.8) is 0 Å². The number of hydrogen-bond donors (Lipinski definition) is 2. The van der Waals surface area contributed by atoms with Gasteiger partial charge in [-0.3, -0.25) is 9.59 Å². The molecular formula is C12H24N2O4. The largest absolute Gasteiger partial charge is 0.468 e. The third-order valence-corrected chi connectivity index (χ3v) is 2.54. The van der Waals surface area contributed by atoms with Crippen molar-refractivity contribution in [1.29, 1.82) is 0 Å². The number of ether oxygens (including phenoxy) is 2. The van der Waals surface area contributed by atoms with Gasteiger partial charge in [0.2, 0.25) is 0 Å². The second-order valence-electron chi connectivity index (χ2n) is 4.05. The highest BCUT2D eigenvalue weighted by molar-refractivity contribution is 5.75. The molecule has 0 bridgehead atoms. The lowest BCUT2D eigenvalue weighted by molar-refractivity contribution is -0.145. The molecule has 18 heavy (non-hydrogen) atoms. The molecule has 0 spiro atoms. The molecule has 0 fully saturated rings. The third kappa shape index (κ3) is 7.24. The molecule has 0 aliphatic heterocycles. The van der Waals surface area contributed by atoms with Crippen LogP contribution in [0.2, 0.25) is 0 Å². The zero-order valence-electron chi connectivity index (χ0n) is 11.4. The Balaban J connectivity index is 3.56. The van der Waals surface area contributed by atoms with Gasteiger partial charge < -0.3 is 20.5 Å². The van der Waals surface area contributed by atoms with E-state index in [0.29, 0.717) is 19.6 Å². The van der Waals surface area contributed by atoms with Crippen molar-refractivity contribution in [3.05, 3.63) is 0 Å². The molecule has 0 aromatic rings. The third-order valence-electron chi connectivity index (χ3n) is 2.54. The summed E-state index contributed by atoms with van der Waals surface area (Å²) >= 11 is 0. The predicted molar refractivity (Wildman–Crippen MR) is 67.9 cm³/mol. The Morgan fingerprint density at radius 1 is 1.28 bits per heavy atom. The first kappa shape index (κ1) is 16.9. The highest BCUT2D eigenvalue weighted by Gasteiger charge is 2.14. The van der Waals surface area contributed by atoms with Crippen molar-refractivity contribution in [3.8, 4) is 0 Å². The SMILES string of the molecule is CCOC(=O)[C@H](C)NCCCC[C@H](N)C(=O)OC. The Labute approximate surface area is 108 Å². The summed E-state index contributed by atoms with van der Waals surface area (Å²) in [6, 6.07) is -0.864. The highest BCUT2D eigenvalue weighted by Crippen LogP contribution is 2.00. The van der Waals surface area contributed by atoms with Crippen LogP contribution in [-0.4, -0.2) is 44.3 Å². The quantitative estimate of drug-likeness (QED) is 0.454. The van der Waals surface area contributed by atoms with Gasteiger partial charge in [0.1, 0.15) is 12.1 Å². The summed E-state index contributed by atoms with van der Waals surface area (Å²) in [4.78, 5) is 22.3. The fourth-order valence-electron chi connectivity index (χ4n) is 1.43. The molecule has 0 unspecified atom stereocenters. The normalized spacial score (nSPS) is 13.8. The summed E-state index contributed by atoms with van der Waals surface area (Å²) < 4.78 is 9.39. The molecule has 3 N–H and O–H groups in total. The van der Waals surface area contributed by atoms with Gasteiger partial charge in [-0.25, -0.2) is 0 Å². The maximum atomic E-state index is 11.3. The van der Waals surface area contributed by atoms with Gasteiger partial charge in [0.25, 0.3) is 0 Å². The van der Waals surface area contributed by atoms with Gasteiger partial charge in [-0.1, -0.05) is 6.42 Å². The van der Waals surface area contributed by atoms with Crippen LogP contribution >= 0.6 is 0 Å². The van der Waals surface area contributed by atoms with Gasteiger partial charge in [0, 0.05) is 0 Å². The van der Waals surface area contributed by atoms with E-state index in [-0.39, 0.29) is 18.0 Å². The van der Waals surface area contributed by atoms with Crippen LogP contribution in [0.15, 0.2) is 0 Å². The molecule has 0 rings (SSSR count). The standard InChI is InChI=1S/C12H24N2O4/c1-4-18-11(15)9(2)14-8-6-5-7-10(13)12(16)17-3/h9-10,14H,4-8,13H2,1-3H3/t9-,10-/m0/s1. The topological polar surface area (TPSA) is 90.6 Å². The zero-order chi connectivity index (χ0) is 14.0. The molecule has 6 nitrogen and oxygen atoms in total. The first-order chi connectivity index (χ1) is 8.52. The van der Waals surface area contributed by atoms with Gasteiger partial charge in [0.15, 0.2) is 0 Å². The maximum Gasteiger partial charge on any atom is 0.322 e. The summed E-state index contributed by atoms with van der Waals surface area (Å²) in [6.45, 7) is 4.61. The Kier molecular flexibility index (Phi) is 9.22. The average molecular weight is 260 g/mol. The second kappa shape index (κ2) is 9.85. The molecule has 0 radical (unpaired) electrons. The van der Waals surface area contributed by atoms with E-state index < -0.39 is 6.04 Å². The Morgan fingerprint density at radius 3 is 2.50 bits per heavy atom. The number of rotatable bonds is 9. The van der Waals surface area contributed by atoms with Crippen LogP contribution in [0.1, 0.15) is 33.1 Å². The monoisotopic (exact) mass is 260 g/mol. The van der Waals surface area contributed by atoms with Crippen molar-refractivity contribution in [2.24, 2.45) is 5.73 Å². The fraction of sp³-hybridized carbons (Fsp3) is 0.833. The summed E-state index contributed by atoms with van der Waals surface area (Å²) in [6.07, 6.45) is 2.23. The van der Waals surface area contributed by atoms with E-state index in [2.05, 4.69) is 10.1 Å². The number of methoxy groups -OCH3 is 1. The van der Waals surface area contributed by atoms with E-state index in [9.17, 15) is 9.59 Å². The summed E-state index contributed by atoms with van der Waals surface area (Å²) in [5, 5.41) is 3.05. The Morgan fingerprint density at radius 2 is 1.94 bits per heavy atom. The van der Waals surface area contributed by atoms with E-state index in [1.54, 1.807) is 13.8 Å². The molecule has 0 aliphatic rings. The minimum absolute atomic E-state index is 0.247. The van der Waals surface area contributed by atoms with Crippen LogP contribution in [0.5, 0.6) is 0 Å². The van der Waals surface area contributed by atoms with E-state index in [0.717, 1.165) is 12.8 Å². The van der Waals surface area contributed by atoms with Crippen LogP contribution in [0.25, 0.3) is 0 Å². The minimum Gasteiger partial charge on any atom is -0.468 e. The number of nitrogens with one attached hydrogen (secondary N) is 1. The lowest BCUT2D eigenvalue weighted by Gasteiger charge is -2.13. The summed E-state index contributed by atoms with van der Waals surface area (Å²) in [7, 11) is 1.32. The molecule has 0 amide bonds. The van der Waals surface area contributed by atoms with Crippen LogP contribution in [-0.2, 0) is 19.1 Å². The molecule has 0 heterocycles. The smallest absolute Gasteiger partial charge is 0.322 e. The van der Waals surface area contributed by atoms with Gasteiger partial charge >= 0.3 is 11.9 Å². The van der Waals surface area contributed by atoms with Crippen LogP contribution in [0.4, 0.5) is 0 Å². The van der Waals surface area contributed by atoms with Gasteiger partial charge in [0.05, 0.1) is 13.7 Å². The zero-order valence-corrected chi connectivity index (χ0v) is 11.4. The molecule has 6 heteroatoms.